The molecule has 1 aromatic heterocycles. The lowest BCUT2D eigenvalue weighted by Gasteiger charge is -2.06. The van der Waals surface area contributed by atoms with E-state index in [1.165, 1.54) is 0 Å². The second kappa shape index (κ2) is 7.55. The van der Waals surface area contributed by atoms with Gasteiger partial charge in [0.15, 0.2) is 0 Å². The Kier molecular flexibility index (Phi) is 5.46. The molecule has 2 aromatic rings. The number of oxime groups is 1. The molecular weight excluding hydrogens is 288 g/mol. The molecule has 0 atom stereocenters. The van der Waals surface area contributed by atoms with Crippen molar-refractivity contribution in [2.45, 2.75) is 19.8 Å². The SMILES string of the molecule is CCCC(=O)O/N=C(\c1ccc(Cl)cc1)c1ccccn1. The standard InChI is InChI=1S/C16H15ClN2O2/c1-2-5-15(20)21-19-16(14-6-3-4-11-18-14)12-7-9-13(17)10-8-12/h3-4,6-11H,2,5H2,1H3/b19-16+. The van der Waals surface area contributed by atoms with Crippen LogP contribution >= 0.6 is 11.6 Å². The van der Waals surface area contributed by atoms with Crippen molar-refractivity contribution in [2.24, 2.45) is 5.16 Å². The summed E-state index contributed by atoms with van der Waals surface area (Å²) >= 11 is 5.89. The molecule has 0 saturated carbocycles. The van der Waals surface area contributed by atoms with Crippen LogP contribution < -0.4 is 0 Å². The Bertz CT molecular complexity index is 624. The van der Waals surface area contributed by atoms with Crippen LogP contribution in [0.3, 0.4) is 0 Å². The first-order valence-corrected chi connectivity index (χ1v) is 7.03. The molecule has 0 fully saturated rings. The van der Waals surface area contributed by atoms with E-state index in [2.05, 4.69) is 10.1 Å². The molecule has 1 heterocycles. The van der Waals surface area contributed by atoms with Gasteiger partial charge in [-0.15, -0.1) is 0 Å². The molecule has 21 heavy (non-hydrogen) atoms. The first kappa shape index (κ1) is 15.2. The minimum absolute atomic E-state index is 0.333. The number of rotatable bonds is 5. The van der Waals surface area contributed by atoms with Crippen LogP contribution in [0.1, 0.15) is 31.0 Å². The molecule has 0 aliphatic rings. The molecule has 0 bridgehead atoms. The maximum Gasteiger partial charge on any atom is 0.335 e. The Morgan fingerprint density at radius 1 is 1.24 bits per heavy atom. The molecule has 0 N–H and O–H groups in total. The molecule has 4 nitrogen and oxygen atoms in total. The number of aromatic nitrogens is 1. The average molecular weight is 303 g/mol. The van der Waals surface area contributed by atoms with Gasteiger partial charge >= 0.3 is 5.97 Å². The van der Waals surface area contributed by atoms with Crippen molar-refractivity contribution in [1.82, 2.24) is 4.98 Å². The monoisotopic (exact) mass is 302 g/mol. The number of pyridine rings is 1. The van der Waals surface area contributed by atoms with Crippen LogP contribution in [0.15, 0.2) is 53.8 Å². The van der Waals surface area contributed by atoms with Crippen molar-refractivity contribution >= 4 is 23.3 Å². The third kappa shape index (κ3) is 4.39. The van der Waals surface area contributed by atoms with E-state index in [0.29, 0.717) is 29.3 Å². The summed E-state index contributed by atoms with van der Waals surface area (Å²) in [5, 5.41) is 4.60. The number of benzene rings is 1. The lowest BCUT2D eigenvalue weighted by molar-refractivity contribution is -0.143. The van der Waals surface area contributed by atoms with E-state index in [4.69, 9.17) is 16.4 Å². The number of hydrogen-bond donors (Lipinski definition) is 0. The first-order chi connectivity index (χ1) is 10.2. The van der Waals surface area contributed by atoms with Crippen LogP contribution in [0, 0.1) is 0 Å². The van der Waals surface area contributed by atoms with Crippen LogP contribution in [-0.4, -0.2) is 16.7 Å². The summed E-state index contributed by atoms with van der Waals surface area (Å²) in [5.74, 6) is -0.361. The topological polar surface area (TPSA) is 51.5 Å². The number of hydrogen-bond acceptors (Lipinski definition) is 4. The van der Waals surface area contributed by atoms with E-state index >= 15 is 0 Å². The van der Waals surface area contributed by atoms with Gasteiger partial charge in [-0.3, -0.25) is 4.98 Å². The third-order valence-electron chi connectivity index (χ3n) is 2.72. The van der Waals surface area contributed by atoms with Crippen molar-refractivity contribution in [3.63, 3.8) is 0 Å². The Morgan fingerprint density at radius 3 is 2.62 bits per heavy atom. The van der Waals surface area contributed by atoms with Gasteiger partial charge in [0.1, 0.15) is 5.71 Å². The minimum Gasteiger partial charge on any atom is -0.318 e. The Labute approximate surface area is 128 Å². The van der Waals surface area contributed by atoms with Gasteiger partial charge in [-0.2, -0.15) is 0 Å². The molecule has 0 aliphatic heterocycles. The van der Waals surface area contributed by atoms with Gasteiger partial charge in [-0.1, -0.05) is 41.9 Å². The van der Waals surface area contributed by atoms with Crippen LogP contribution in [-0.2, 0) is 9.63 Å². The summed E-state index contributed by atoms with van der Waals surface area (Å²) in [6, 6.07) is 12.6. The zero-order valence-corrected chi connectivity index (χ0v) is 12.4. The lowest BCUT2D eigenvalue weighted by atomic mass is 10.1. The minimum atomic E-state index is -0.361. The van der Waals surface area contributed by atoms with Gasteiger partial charge in [-0.25, -0.2) is 4.79 Å². The highest BCUT2D eigenvalue weighted by Gasteiger charge is 2.10. The zero-order chi connectivity index (χ0) is 15.1. The maximum absolute atomic E-state index is 11.5. The molecular formula is C16H15ClN2O2. The summed E-state index contributed by atoms with van der Waals surface area (Å²) in [5.41, 5.74) is 1.91. The van der Waals surface area contributed by atoms with Crippen molar-refractivity contribution in [3.05, 3.63) is 64.9 Å². The third-order valence-corrected chi connectivity index (χ3v) is 2.97. The van der Waals surface area contributed by atoms with E-state index in [-0.39, 0.29) is 5.97 Å². The summed E-state index contributed by atoms with van der Waals surface area (Å²) in [6.07, 6.45) is 2.71. The predicted molar refractivity (Wildman–Crippen MR) is 82.3 cm³/mol. The van der Waals surface area contributed by atoms with Crippen LogP contribution in [0.25, 0.3) is 0 Å². The Balaban J connectivity index is 2.33. The first-order valence-electron chi connectivity index (χ1n) is 6.66. The van der Waals surface area contributed by atoms with E-state index in [1.54, 1.807) is 24.4 Å². The highest BCUT2D eigenvalue weighted by atomic mass is 35.5. The van der Waals surface area contributed by atoms with E-state index in [0.717, 1.165) is 5.56 Å². The molecule has 2 rings (SSSR count). The molecule has 0 spiro atoms. The van der Waals surface area contributed by atoms with Gasteiger partial charge < -0.3 is 4.84 Å². The molecule has 0 unspecified atom stereocenters. The lowest BCUT2D eigenvalue weighted by Crippen LogP contribution is -2.08. The maximum atomic E-state index is 11.5. The average Bonchev–Trinajstić information content (AvgIpc) is 2.50. The van der Waals surface area contributed by atoms with Gasteiger partial charge in [0, 0.05) is 23.2 Å². The quantitative estimate of drug-likeness (QED) is 0.479. The van der Waals surface area contributed by atoms with E-state index in [1.807, 2.05) is 31.2 Å². The highest BCUT2D eigenvalue weighted by Crippen LogP contribution is 2.14. The smallest absolute Gasteiger partial charge is 0.318 e. The number of halogens is 1. The van der Waals surface area contributed by atoms with Gasteiger partial charge in [-0.05, 0) is 30.7 Å². The summed E-state index contributed by atoms with van der Waals surface area (Å²) in [6.45, 7) is 1.91. The number of carbonyl (C=O) groups excluding carboxylic acids is 1. The second-order valence-electron chi connectivity index (χ2n) is 4.38. The Morgan fingerprint density at radius 2 is 2.00 bits per heavy atom. The number of nitrogens with zero attached hydrogens (tertiary/aromatic N) is 2. The molecule has 0 saturated heterocycles. The Hall–Kier alpha value is -2.20. The highest BCUT2D eigenvalue weighted by molar-refractivity contribution is 6.30. The largest absolute Gasteiger partial charge is 0.335 e. The van der Waals surface area contributed by atoms with E-state index < -0.39 is 0 Å². The molecule has 108 valence electrons. The summed E-state index contributed by atoms with van der Waals surface area (Å²) < 4.78 is 0. The molecule has 0 aliphatic carbocycles. The van der Waals surface area contributed by atoms with Crippen molar-refractivity contribution < 1.29 is 9.63 Å². The van der Waals surface area contributed by atoms with Crippen molar-refractivity contribution in [2.75, 3.05) is 0 Å². The fraction of sp³-hybridized carbons (Fsp3) is 0.188. The summed E-state index contributed by atoms with van der Waals surface area (Å²) in [7, 11) is 0. The van der Waals surface area contributed by atoms with Crippen molar-refractivity contribution in [1.29, 1.82) is 0 Å². The predicted octanol–water partition coefficient (Wildman–Crippen LogP) is 3.83. The zero-order valence-electron chi connectivity index (χ0n) is 11.6. The summed E-state index contributed by atoms with van der Waals surface area (Å²) in [4.78, 5) is 20.7. The molecule has 0 radical (unpaired) electrons. The fourth-order valence-electron chi connectivity index (χ4n) is 1.70. The number of carbonyl (C=O) groups is 1. The van der Waals surface area contributed by atoms with Crippen LogP contribution in [0.2, 0.25) is 5.02 Å². The molecule has 5 heteroatoms. The molecule has 1 aromatic carbocycles. The van der Waals surface area contributed by atoms with Crippen molar-refractivity contribution in [3.8, 4) is 0 Å². The van der Waals surface area contributed by atoms with E-state index in [9.17, 15) is 4.79 Å². The second-order valence-corrected chi connectivity index (χ2v) is 4.81. The van der Waals surface area contributed by atoms with Crippen LogP contribution in [0.5, 0.6) is 0 Å². The fourth-order valence-corrected chi connectivity index (χ4v) is 1.83. The van der Waals surface area contributed by atoms with Gasteiger partial charge in [0.25, 0.3) is 0 Å². The van der Waals surface area contributed by atoms with Crippen LogP contribution in [0.4, 0.5) is 0 Å². The molecule has 0 amide bonds. The van der Waals surface area contributed by atoms with Gasteiger partial charge in [0.2, 0.25) is 0 Å². The normalized spacial score (nSPS) is 11.2. The van der Waals surface area contributed by atoms with Gasteiger partial charge in [0.05, 0.1) is 5.69 Å².